The number of hydrogen-bond donors (Lipinski definition) is 1. The number of unbranched alkanes of at least 4 members (excludes halogenated alkanes) is 2. The van der Waals surface area contributed by atoms with Crippen LogP contribution in [0.3, 0.4) is 0 Å². The molecule has 3 aliphatic rings. The lowest BCUT2D eigenvalue weighted by atomic mass is 9.69. The number of allylic oxidation sites excluding steroid dienone is 4. The summed E-state index contributed by atoms with van der Waals surface area (Å²) in [6, 6.07) is 14.7. The summed E-state index contributed by atoms with van der Waals surface area (Å²) in [6.45, 7) is 8.53. The first-order chi connectivity index (χ1) is 26.0. The molecule has 2 aliphatic heterocycles. The van der Waals surface area contributed by atoms with Crippen LogP contribution in [0.5, 0.6) is 11.5 Å². The molecule has 3 aromatic rings. The van der Waals surface area contributed by atoms with E-state index in [1.807, 2.05) is 62.9 Å². The molecule has 0 saturated heterocycles. The Morgan fingerprint density at radius 1 is 0.745 bits per heavy atom. The summed E-state index contributed by atoms with van der Waals surface area (Å²) in [6.07, 6.45) is 5.46. The summed E-state index contributed by atoms with van der Waals surface area (Å²) in [5, 5.41) is 32.5. The van der Waals surface area contributed by atoms with Gasteiger partial charge in [0.05, 0.1) is 42.0 Å². The number of benzene rings is 3. The molecular weight excluding hydrogens is 708 g/mol. The molecule has 0 aromatic heterocycles. The number of carbonyl (C=O) groups excluding carboxylic acids is 2. The third-order valence-electron chi connectivity index (χ3n) is 11.1. The molecule has 0 atom stereocenters. The second-order valence-corrected chi connectivity index (χ2v) is 15.2. The van der Waals surface area contributed by atoms with E-state index in [1.165, 1.54) is 12.1 Å². The standard InChI is InChI=1S/C41H44N4O10/c1-40(2)31-19-27(54-5)11-13-33(31)42(15-9-7-8-10-37(46)47)35(40)21-29-38(48)30(39(29)49)22-36-41(3,4)32-20-28(55-6)12-14-34(32)43(36)23-24-16-25(44(50)51)18-26(17-24)45(52)53/h11-14,16-22,29-30H,7-10,15,23H2,1-6H3,(H,46,47)/b35-21+,36-22+. The number of carboxylic acid groups (broad SMARTS) is 1. The number of ether oxygens (including phenoxy) is 2. The fraction of sp³-hybridized carbons (Fsp3) is 0.390. The molecule has 1 fully saturated rings. The Labute approximate surface area is 318 Å². The normalized spacial score (nSPS) is 20.7. The third kappa shape index (κ3) is 7.04. The number of nitro groups is 2. The Hall–Kier alpha value is -6.05. The predicted octanol–water partition coefficient (Wildman–Crippen LogP) is 7.41. The lowest BCUT2D eigenvalue weighted by Crippen LogP contribution is -2.48. The SMILES string of the molecule is COc1ccc2c(c1)C(C)(C)/C(=C\C1C(=O)C(/C=C3/N(Cc4cc([N+](=O)[O-])cc([N+](=O)[O-])c4)c4ccc(OC)cc4C3(C)C)C1=O)N2CCCCCC(=O)O. The number of carboxylic acids is 1. The van der Waals surface area contributed by atoms with E-state index in [-0.39, 0.29) is 24.5 Å². The Morgan fingerprint density at radius 3 is 1.67 bits per heavy atom. The molecular formula is C41H44N4O10. The number of nitro benzene ring substituents is 2. The van der Waals surface area contributed by atoms with E-state index in [2.05, 4.69) is 4.90 Å². The lowest BCUT2D eigenvalue weighted by Gasteiger charge is -2.35. The van der Waals surface area contributed by atoms with Crippen molar-refractivity contribution < 1.29 is 38.8 Å². The minimum atomic E-state index is -1.06. The van der Waals surface area contributed by atoms with Gasteiger partial charge in [-0.3, -0.25) is 34.6 Å². The zero-order chi connectivity index (χ0) is 40.0. The summed E-state index contributed by atoms with van der Waals surface area (Å²) in [4.78, 5) is 65.3. The maximum atomic E-state index is 14.1. The smallest absolute Gasteiger partial charge is 0.303 e. The van der Waals surface area contributed by atoms with E-state index in [4.69, 9.17) is 14.6 Å². The minimum Gasteiger partial charge on any atom is -0.497 e. The maximum absolute atomic E-state index is 14.1. The van der Waals surface area contributed by atoms with Crippen molar-refractivity contribution in [3.05, 3.63) is 115 Å². The van der Waals surface area contributed by atoms with E-state index in [1.54, 1.807) is 32.4 Å². The van der Waals surface area contributed by atoms with Crippen LogP contribution in [-0.2, 0) is 31.8 Å². The Bertz CT molecular complexity index is 2120. The molecule has 14 nitrogen and oxygen atoms in total. The summed E-state index contributed by atoms with van der Waals surface area (Å²) < 4.78 is 11.0. The second kappa shape index (κ2) is 14.6. The summed E-state index contributed by atoms with van der Waals surface area (Å²) in [5.41, 5.74) is 3.00. The van der Waals surface area contributed by atoms with Crippen molar-refractivity contribution >= 4 is 40.3 Å². The summed E-state index contributed by atoms with van der Waals surface area (Å²) in [7, 11) is 3.14. The van der Waals surface area contributed by atoms with Crippen molar-refractivity contribution in [1.29, 1.82) is 0 Å². The van der Waals surface area contributed by atoms with Crippen LogP contribution >= 0.6 is 0 Å². The van der Waals surface area contributed by atoms with Crippen molar-refractivity contribution in [1.82, 2.24) is 0 Å². The Balaban J connectivity index is 1.35. The van der Waals surface area contributed by atoms with Gasteiger partial charge >= 0.3 is 5.97 Å². The van der Waals surface area contributed by atoms with Crippen LogP contribution in [0, 0.1) is 32.1 Å². The fourth-order valence-corrected chi connectivity index (χ4v) is 8.05. The molecule has 6 rings (SSSR count). The fourth-order valence-electron chi connectivity index (χ4n) is 8.05. The predicted molar refractivity (Wildman–Crippen MR) is 205 cm³/mol. The van der Waals surface area contributed by atoms with Gasteiger partial charge in [-0.25, -0.2) is 0 Å². The third-order valence-corrected chi connectivity index (χ3v) is 11.1. The van der Waals surface area contributed by atoms with Gasteiger partial charge in [0.1, 0.15) is 11.5 Å². The van der Waals surface area contributed by atoms with Crippen LogP contribution in [0.1, 0.15) is 70.1 Å². The topological polar surface area (TPSA) is 183 Å². The number of methoxy groups -OCH3 is 2. The molecule has 0 unspecified atom stereocenters. The summed E-state index contributed by atoms with van der Waals surface area (Å²) in [5.74, 6) is -2.18. The molecule has 14 heteroatoms. The van der Waals surface area contributed by atoms with Gasteiger partial charge in [0, 0.05) is 65.2 Å². The lowest BCUT2D eigenvalue weighted by molar-refractivity contribution is -0.394. The zero-order valence-corrected chi connectivity index (χ0v) is 31.7. The van der Waals surface area contributed by atoms with E-state index in [0.717, 1.165) is 28.6 Å². The van der Waals surface area contributed by atoms with Crippen LogP contribution in [0.2, 0.25) is 0 Å². The highest BCUT2D eigenvalue weighted by atomic mass is 16.6. The number of ketones is 2. The van der Waals surface area contributed by atoms with Crippen molar-refractivity contribution in [3.8, 4) is 11.5 Å². The van der Waals surface area contributed by atoms with E-state index in [9.17, 15) is 34.6 Å². The largest absolute Gasteiger partial charge is 0.497 e. The van der Waals surface area contributed by atoms with Crippen LogP contribution in [0.15, 0.2) is 78.1 Å². The number of nitrogens with zero attached hydrogens (tertiary/aromatic N) is 4. The monoisotopic (exact) mass is 752 g/mol. The first-order valence-corrected chi connectivity index (χ1v) is 18.1. The van der Waals surface area contributed by atoms with Crippen molar-refractivity contribution in [2.45, 2.75) is 70.8 Å². The number of non-ortho nitro benzene ring substituents is 2. The highest BCUT2D eigenvalue weighted by Crippen LogP contribution is 2.52. The number of rotatable bonds is 14. The Kier molecular flexibility index (Phi) is 10.3. The van der Waals surface area contributed by atoms with Crippen LogP contribution in [0.4, 0.5) is 22.7 Å². The number of hydrogen-bond acceptors (Lipinski definition) is 11. The van der Waals surface area contributed by atoms with Gasteiger partial charge in [0.15, 0.2) is 11.6 Å². The number of carbonyl (C=O) groups is 3. The van der Waals surface area contributed by atoms with Crippen molar-refractivity contribution in [3.63, 3.8) is 0 Å². The van der Waals surface area contributed by atoms with Crippen LogP contribution in [-0.4, -0.2) is 53.3 Å². The number of Topliss-reactive ketones (excluding diaryl/α,β-unsaturated/α-hetero) is 2. The summed E-state index contributed by atoms with van der Waals surface area (Å²) >= 11 is 0. The van der Waals surface area contributed by atoms with Gasteiger partial charge in [-0.2, -0.15) is 0 Å². The average molecular weight is 753 g/mol. The maximum Gasteiger partial charge on any atom is 0.303 e. The van der Waals surface area contributed by atoms with Gasteiger partial charge in [0.2, 0.25) is 0 Å². The van der Waals surface area contributed by atoms with Gasteiger partial charge in [0.25, 0.3) is 11.4 Å². The van der Waals surface area contributed by atoms with Crippen molar-refractivity contribution in [2.24, 2.45) is 11.8 Å². The first-order valence-electron chi connectivity index (χ1n) is 18.1. The molecule has 1 aliphatic carbocycles. The number of fused-ring (bicyclic) bond motifs is 2. The second-order valence-electron chi connectivity index (χ2n) is 15.2. The van der Waals surface area contributed by atoms with Gasteiger partial charge in [-0.15, -0.1) is 0 Å². The van der Waals surface area contributed by atoms with E-state index >= 15 is 0 Å². The van der Waals surface area contributed by atoms with Gasteiger partial charge < -0.3 is 24.4 Å². The van der Waals surface area contributed by atoms with Crippen molar-refractivity contribution in [2.75, 3.05) is 30.6 Å². The van der Waals surface area contributed by atoms with Crippen LogP contribution in [0.25, 0.3) is 0 Å². The molecule has 0 bridgehead atoms. The van der Waals surface area contributed by atoms with E-state index in [0.29, 0.717) is 54.3 Å². The average Bonchev–Trinajstić information content (AvgIpc) is 3.48. The molecule has 1 saturated carbocycles. The zero-order valence-electron chi connectivity index (χ0n) is 31.7. The first kappa shape index (κ1) is 38.7. The molecule has 3 aromatic carbocycles. The molecule has 55 heavy (non-hydrogen) atoms. The van der Waals surface area contributed by atoms with E-state index < -0.39 is 49.9 Å². The highest BCUT2D eigenvalue weighted by Gasteiger charge is 2.51. The number of anilines is 2. The van der Waals surface area contributed by atoms with Crippen LogP contribution < -0.4 is 19.3 Å². The Morgan fingerprint density at radius 2 is 1.22 bits per heavy atom. The molecule has 0 amide bonds. The minimum absolute atomic E-state index is 0.00295. The molecule has 0 spiro atoms. The molecule has 1 N–H and O–H groups in total. The van der Waals surface area contributed by atoms with Gasteiger partial charge in [-0.05, 0) is 78.1 Å². The molecule has 2 heterocycles. The van der Waals surface area contributed by atoms with Gasteiger partial charge in [-0.1, -0.05) is 34.1 Å². The highest BCUT2D eigenvalue weighted by molar-refractivity contribution is 6.26. The quantitative estimate of drug-likeness (QED) is 0.0746. The number of aliphatic carboxylic acids is 1. The molecule has 288 valence electrons. The molecule has 0 radical (unpaired) electrons.